The van der Waals surface area contributed by atoms with Crippen molar-refractivity contribution in [2.75, 3.05) is 6.61 Å². The van der Waals surface area contributed by atoms with Crippen LogP contribution < -0.4 is 0 Å². The van der Waals surface area contributed by atoms with Crippen molar-refractivity contribution in [3.8, 4) is 0 Å². The Morgan fingerprint density at radius 2 is 1.42 bits per heavy atom. The fourth-order valence-corrected chi connectivity index (χ4v) is 3.59. The molecular weight excluding hydrogens is 398 g/mol. The quantitative estimate of drug-likeness (QED) is 0.376. The number of halogens is 2. The lowest BCUT2D eigenvalue weighted by Gasteiger charge is -2.11. The third-order valence-corrected chi connectivity index (χ3v) is 5.00. The molecule has 0 aromatic carbocycles. The van der Waals surface area contributed by atoms with Crippen molar-refractivity contribution in [2.45, 2.75) is 19.5 Å². The van der Waals surface area contributed by atoms with E-state index in [9.17, 15) is 8.78 Å². The van der Waals surface area contributed by atoms with Gasteiger partial charge in [-0.1, -0.05) is 0 Å². The lowest BCUT2D eigenvalue weighted by atomic mass is 10.1. The molecule has 0 spiro atoms. The molecule has 0 fully saturated rings. The number of ether oxygens (including phenoxy) is 1. The Labute approximate surface area is 178 Å². The van der Waals surface area contributed by atoms with Crippen molar-refractivity contribution in [1.29, 1.82) is 0 Å². The van der Waals surface area contributed by atoms with Crippen molar-refractivity contribution in [2.24, 2.45) is 0 Å². The highest BCUT2D eigenvalue weighted by molar-refractivity contribution is 5.78. The molecule has 31 heavy (non-hydrogen) atoms. The van der Waals surface area contributed by atoms with E-state index in [1.54, 1.807) is 19.1 Å². The zero-order chi connectivity index (χ0) is 22.2. The molecule has 0 radical (unpaired) electrons. The molecule has 1 unspecified atom stereocenters. The summed E-state index contributed by atoms with van der Waals surface area (Å²) in [6.07, 6.45) is 4.25. The second-order valence-corrected chi connectivity index (χ2v) is 7.39. The second kappa shape index (κ2) is 7.92. The van der Waals surface area contributed by atoms with Crippen LogP contribution in [0.25, 0.3) is 46.4 Å². The van der Waals surface area contributed by atoms with Gasteiger partial charge in [0.25, 0.3) is 6.43 Å². The van der Waals surface area contributed by atoms with Gasteiger partial charge >= 0.3 is 0 Å². The molecule has 1 atom stereocenters. The fraction of sp³-hybridized carbons (Fsp3) is 0.167. The van der Waals surface area contributed by atoms with Gasteiger partial charge in [0.05, 0.1) is 30.3 Å². The van der Waals surface area contributed by atoms with E-state index in [0.29, 0.717) is 28.0 Å². The summed E-state index contributed by atoms with van der Waals surface area (Å²) in [4.78, 5) is 15.8. The second-order valence-electron chi connectivity index (χ2n) is 7.39. The molecule has 0 saturated carbocycles. The average molecular weight is 419 g/mol. The summed E-state index contributed by atoms with van der Waals surface area (Å²) < 4.78 is 39.4. The van der Waals surface area contributed by atoms with E-state index in [1.165, 1.54) is 0 Å². The van der Waals surface area contributed by atoms with Crippen LogP contribution in [0.5, 0.6) is 0 Å². The van der Waals surface area contributed by atoms with Gasteiger partial charge in [0.2, 0.25) is 0 Å². The number of nitrogens with zero attached hydrogens (tertiary/aromatic N) is 2. The highest BCUT2D eigenvalue weighted by Gasteiger charge is 2.14. The zero-order valence-electron chi connectivity index (χ0n) is 17.7. The maximum atomic E-state index is 12.7. The first kappa shape index (κ1) is 18.2. The van der Waals surface area contributed by atoms with Crippen LogP contribution in [0.3, 0.4) is 0 Å². The predicted octanol–water partition coefficient (Wildman–Crippen LogP) is 6.00. The van der Waals surface area contributed by atoms with E-state index in [-0.39, 0.29) is 6.04 Å². The molecule has 2 aliphatic heterocycles. The van der Waals surface area contributed by atoms with Gasteiger partial charge < -0.3 is 14.7 Å². The Bertz CT molecular complexity index is 1400. The first-order valence-electron chi connectivity index (χ1n) is 10.4. The minimum Gasteiger partial charge on any atom is -0.368 e. The monoisotopic (exact) mass is 419 g/mol. The number of nitrogens with one attached hydrogen (secondary N) is 2. The Balaban J connectivity index is 1.77. The van der Waals surface area contributed by atoms with Crippen LogP contribution in [0.2, 0.25) is 0 Å². The SMILES string of the molecule is [2H]c1c(C(C)OCC(F)F)c2cc3nc(cc4ccc(cc5nc(cc1[nH]2)C=C5)[nH]4)C=C3. The van der Waals surface area contributed by atoms with Crippen LogP contribution in [0, 0.1) is 0 Å². The van der Waals surface area contributed by atoms with Gasteiger partial charge in [-0.05, 0) is 73.7 Å². The molecule has 2 aliphatic rings. The number of alkyl halides is 2. The van der Waals surface area contributed by atoms with Gasteiger partial charge in [-0.2, -0.15) is 0 Å². The summed E-state index contributed by atoms with van der Waals surface area (Å²) in [6, 6.07) is 11.6. The molecule has 8 bridgehead atoms. The summed E-state index contributed by atoms with van der Waals surface area (Å²) in [7, 11) is 0. The molecule has 5 rings (SSSR count). The van der Waals surface area contributed by atoms with Crippen molar-refractivity contribution in [3.05, 3.63) is 70.8 Å². The summed E-state index contributed by atoms with van der Waals surface area (Å²) in [6.45, 7) is 0.973. The topological polar surface area (TPSA) is 66.6 Å². The van der Waals surface area contributed by atoms with Gasteiger partial charge in [0.15, 0.2) is 0 Å². The molecule has 0 aliphatic carbocycles. The molecule has 3 aromatic rings. The van der Waals surface area contributed by atoms with Gasteiger partial charge in [-0.25, -0.2) is 18.7 Å². The third kappa shape index (κ3) is 4.32. The lowest BCUT2D eigenvalue weighted by molar-refractivity contribution is -0.0176. The minimum atomic E-state index is -2.58. The average Bonchev–Trinajstić information content (AvgIpc) is 3.52. The molecule has 2 N–H and O–H groups in total. The molecule has 5 nitrogen and oxygen atoms in total. The molecule has 156 valence electrons. The molecule has 7 heteroatoms. The summed E-state index contributed by atoms with van der Waals surface area (Å²) in [5, 5.41) is 0. The van der Waals surface area contributed by atoms with E-state index in [2.05, 4.69) is 19.9 Å². The summed E-state index contributed by atoms with van der Waals surface area (Å²) >= 11 is 0. The summed E-state index contributed by atoms with van der Waals surface area (Å²) in [5.74, 6) is 0. The number of H-pyrrole nitrogens is 2. The van der Waals surface area contributed by atoms with E-state index in [1.807, 2.05) is 48.6 Å². The van der Waals surface area contributed by atoms with Crippen molar-refractivity contribution in [1.82, 2.24) is 19.9 Å². The molecule has 5 heterocycles. The maximum Gasteiger partial charge on any atom is 0.261 e. The van der Waals surface area contributed by atoms with Crippen LogP contribution in [0.1, 0.15) is 42.7 Å². The first-order chi connectivity index (χ1) is 15.4. The Morgan fingerprint density at radius 1 is 0.871 bits per heavy atom. The maximum absolute atomic E-state index is 12.7. The van der Waals surface area contributed by atoms with Crippen molar-refractivity contribution in [3.63, 3.8) is 0 Å². The Morgan fingerprint density at radius 3 is 2.00 bits per heavy atom. The number of aromatic amines is 2. The highest BCUT2D eigenvalue weighted by Crippen LogP contribution is 2.26. The Hall–Kier alpha value is -3.58. The summed E-state index contributed by atoms with van der Waals surface area (Å²) in [5.41, 5.74) is 6.38. The van der Waals surface area contributed by atoms with Crippen molar-refractivity contribution >= 4 is 46.4 Å². The highest BCUT2D eigenvalue weighted by atomic mass is 19.3. The smallest absolute Gasteiger partial charge is 0.261 e. The standard InChI is InChI=1S/C24H20F2N4O/c1-14(31-13-24(25)26)22-11-21-10-19-5-4-17(28-19)8-15-2-3-16(27-15)9-18-6-7-20(29-18)12-23(22)30-21/h2-12,14,24,27,30H,13H2,1H3/i11D. The van der Waals surface area contributed by atoms with Gasteiger partial charge in [0, 0.05) is 27.6 Å². The number of hydrogen-bond donors (Lipinski definition) is 2. The van der Waals surface area contributed by atoms with E-state index in [0.717, 1.165) is 22.4 Å². The van der Waals surface area contributed by atoms with Crippen LogP contribution in [-0.2, 0) is 4.74 Å². The zero-order valence-corrected chi connectivity index (χ0v) is 16.7. The van der Waals surface area contributed by atoms with E-state index in [4.69, 9.17) is 6.11 Å². The first-order valence-corrected chi connectivity index (χ1v) is 9.92. The van der Waals surface area contributed by atoms with Crippen molar-refractivity contribution < 1.29 is 14.9 Å². The fourth-order valence-electron chi connectivity index (χ4n) is 3.59. The molecule has 0 saturated heterocycles. The predicted molar refractivity (Wildman–Crippen MR) is 119 cm³/mol. The number of hydrogen-bond acceptors (Lipinski definition) is 3. The van der Waals surface area contributed by atoms with Gasteiger partial charge in [0.1, 0.15) is 6.61 Å². The lowest BCUT2D eigenvalue weighted by Crippen LogP contribution is -2.07. The molecule has 3 aromatic heterocycles. The minimum absolute atomic E-state index is 0.183. The van der Waals surface area contributed by atoms with Crippen LogP contribution in [0.4, 0.5) is 8.78 Å². The van der Waals surface area contributed by atoms with Crippen LogP contribution in [0.15, 0.2) is 42.4 Å². The third-order valence-electron chi connectivity index (χ3n) is 5.00. The van der Waals surface area contributed by atoms with E-state index < -0.39 is 19.1 Å². The number of fused-ring (bicyclic) bond motifs is 8. The van der Waals surface area contributed by atoms with E-state index >= 15 is 0 Å². The number of rotatable bonds is 4. The van der Waals surface area contributed by atoms with Gasteiger partial charge in [-0.3, -0.25) is 0 Å². The Kier molecular flexibility index (Phi) is 4.65. The number of aromatic nitrogens is 4. The molecule has 0 amide bonds. The van der Waals surface area contributed by atoms with Crippen LogP contribution in [-0.4, -0.2) is 33.0 Å². The largest absolute Gasteiger partial charge is 0.368 e. The molecular formula is C24H20F2N4O. The van der Waals surface area contributed by atoms with Gasteiger partial charge in [-0.15, -0.1) is 0 Å². The normalized spacial score (nSPS) is 14.3. The van der Waals surface area contributed by atoms with Crippen LogP contribution >= 0.6 is 0 Å².